The highest BCUT2D eigenvalue weighted by Crippen LogP contribution is 2.24. The van der Waals surface area contributed by atoms with Gasteiger partial charge in [-0.3, -0.25) is 0 Å². The summed E-state index contributed by atoms with van der Waals surface area (Å²) >= 11 is 0. The molecule has 1 atom stereocenters. The topological polar surface area (TPSA) is 36.3 Å². The van der Waals surface area contributed by atoms with Crippen LogP contribution in [0.25, 0.3) is 0 Å². The summed E-state index contributed by atoms with van der Waals surface area (Å²) in [4.78, 5) is 2.35. The van der Waals surface area contributed by atoms with Crippen molar-refractivity contribution in [3.8, 4) is 6.07 Å². The molecule has 1 heterocycles. The van der Waals surface area contributed by atoms with Gasteiger partial charge in [-0.15, -0.1) is 0 Å². The molecular formula is C13H16N2O. The lowest BCUT2D eigenvalue weighted by atomic mass is 10.1. The zero-order chi connectivity index (χ0) is 11.4. The summed E-state index contributed by atoms with van der Waals surface area (Å²) in [5.74, 6) is 0.639. The normalized spacial score (nSPS) is 19.8. The first-order valence-electron chi connectivity index (χ1n) is 5.57. The van der Waals surface area contributed by atoms with Gasteiger partial charge in [0, 0.05) is 31.8 Å². The van der Waals surface area contributed by atoms with Gasteiger partial charge in [-0.2, -0.15) is 5.26 Å². The average Bonchev–Trinajstić information content (AvgIpc) is 2.78. The van der Waals surface area contributed by atoms with Gasteiger partial charge in [0.2, 0.25) is 0 Å². The molecule has 1 aliphatic heterocycles. The highest BCUT2D eigenvalue weighted by molar-refractivity contribution is 5.50. The Kier molecular flexibility index (Phi) is 3.43. The van der Waals surface area contributed by atoms with E-state index in [0.29, 0.717) is 5.92 Å². The van der Waals surface area contributed by atoms with Gasteiger partial charge in [-0.05, 0) is 30.7 Å². The minimum absolute atomic E-state index is 0.639. The summed E-state index contributed by atoms with van der Waals surface area (Å²) in [6.07, 6.45) is 1.19. The van der Waals surface area contributed by atoms with Gasteiger partial charge < -0.3 is 9.64 Å². The van der Waals surface area contributed by atoms with Gasteiger partial charge >= 0.3 is 0 Å². The van der Waals surface area contributed by atoms with E-state index in [4.69, 9.17) is 10.00 Å². The van der Waals surface area contributed by atoms with Crippen LogP contribution >= 0.6 is 0 Å². The van der Waals surface area contributed by atoms with E-state index in [0.717, 1.165) is 25.3 Å². The Morgan fingerprint density at radius 1 is 1.44 bits per heavy atom. The molecule has 2 rings (SSSR count). The fourth-order valence-corrected chi connectivity index (χ4v) is 2.19. The van der Waals surface area contributed by atoms with Crippen LogP contribution in [-0.4, -0.2) is 26.8 Å². The molecule has 1 aromatic carbocycles. The summed E-state index contributed by atoms with van der Waals surface area (Å²) in [5.41, 5.74) is 1.92. The van der Waals surface area contributed by atoms with Gasteiger partial charge in [-0.25, -0.2) is 0 Å². The summed E-state index contributed by atoms with van der Waals surface area (Å²) in [7, 11) is 1.75. The first-order chi connectivity index (χ1) is 7.83. The lowest BCUT2D eigenvalue weighted by Crippen LogP contribution is -2.20. The van der Waals surface area contributed by atoms with Crippen molar-refractivity contribution in [2.24, 2.45) is 5.92 Å². The number of rotatable bonds is 3. The number of hydrogen-bond acceptors (Lipinski definition) is 3. The number of anilines is 1. The molecule has 16 heavy (non-hydrogen) atoms. The molecule has 1 aliphatic rings. The molecule has 0 radical (unpaired) electrons. The zero-order valence-corrected chi connectivity index (χ0v) is 9.52. The first kappa shape index (κ1) is 11.0. The minimum atomic E-state index is 0.639. The highest BCUT2D eigenvalue weighted by Gasteiger charge is 2.22. The lowest BCUT2D eigenvalue weighted by Gasteiger charge is -2.18. The molecule has 0 saturated carbocycles. The Balaban J connectivity index is 2.00. The van der Waals surface area contributed by atoms with E-state index >= 15 is 0 Å². The van der Waals surface area contributed by atoms with Crippen LogP contribution in [0.15, 0.2) is 24.3 Å². The summed E-state index contributed by atoms with van der Waals surface area (Å²) in [6, 6.07) is 9.93. The van der Waals surface area contributed by atoms with E-state index in [-0.39, 0.29) is 0 Å². The number of benzene rings is 1. The Morgan fingerprint density at radius 3 is 2.81 bits per heavy atom. The maximum absolute atomic E-state index is 8.73. The number of hydrogen-bond donors (Lipinski definition) is 0. The molecule has 1 unspecified atom stereocenters. The molecule has 0 aliphatic carbocycles. The summed E-state index contributed by atoms with van der Waals surface area (Å²) in [5, 5.41) is 8.73. The molecule has 0 spiro atoms. The molecule has 1 saturated heterocycles. The smallest absolute Gasteiger partial charge is 0.0991 e. The lowest BCUT2D eigenvalue weighted by molar-refractivity contribution is 0.161. The summed E-state index contributed by atoms with van der Waals surface area (Å²) < 4.78 is 5.18. The number of methoxy groups -OCH3 is 1. The van der Waals surface area contributed by atoms with E-state index in [9.17, 15) is 0 Å². The SMILES string of the molecule is COCC1CCN(c2ccc(C#N)cc2)C1. The quantitative estimate of drug-likeness (QED) is 0.775. The van der Waals surface area contributed by atoms with E-state index in [2.05, 4.69) is 11.0 Å². The van der Waals surface area contributed by atoms with Gasteiger partial charge in [0.25, 0.3) is 0 Å². The Hall–Kier alpha value is -1.53. The van der Waals surface area contributed by atoms with Crippen molar-refractivity contribution in [2.45, 2.75) is 6.42 Å². The standard InChI is InChI=1S/C13H16N2O/c1-16-10-12-6-7-15(9-12)13-4-2-11(8-14)3-5-13/h2-5,12H,6-7,9-10H2,1H3. The van der Waals surface area contributed by atoms with Crippen molar-refractivity contribution in [3.63, 3.8) is 0 Å². The van der Waals surface area contributed by atoms with Crippen LogP contribution < -0.4 is 4.90 Å². The molecule has 0 N–H and O–H groups in total. The third kappa shape index (κ3) is 2.34. The molecule has 3 nitrogen and oxygen atoms in total. The first-order valence-corrected chi connectivity index (χ1v) is 5.57. The van der Waals surface area contributed by atoms with Crippen LogP contribution in [0, 0.1) is 17.2 Å². The molecule has 1 fully saturated rings. The number of nitriles is 1. The average molecular weight is 216 g/mol. The maximum Gasteiger partial charge on any atom is 0.0991 e. The van der Waals surface area contributed by atoms with Crippen LogP contribution in [-0.2, 0) is 4.74 Å². The molecule has 0 aromatic heterocycles. The largest absolute Gasteiger partial charge is 0.384 e. The van der Waals surface area contributed by atoms with Crippen molar-refractivity contribution in [1.29, 1.82) is 5.26 Å². The van der Waals surface area contributed by atoms with E-state index in [1.807, 2.05) is 24.3 Å². The Labute approximate surface area is 96.2 Å². The number of nitrogens with zero attached hydrogens (tertiary/aromatic N) is 2. The van der Waals surface area contributed by atoms with Crippen LogP contribution in [0.5, 0.6) is 0 Å². The Morgan fingerprint density at radius 2 is 2.19 bits per heavy atom. The van der Waals surface area contributed by atoms with Gasteiger partial charge in [0.15, 0.2) is 0 Å². The van der Waals surface area contributed by atoms with Crippen molar-refractivity contribution in [1.82, 2.24) is 0 Å². The molecule has 0 amide bonds. The number of ether oxygens (including phenoxy) is 1. The van der Waals surface area contributed by atoms with E-state index in [1.165, 1.54) is 12.1 Å². The van der Waals surface area contributed by atoms with Crippen LogP contribution in [0.3, 0.4) is 0 Å². The van der Waals surface area contributed by atoms with Crippen molar-refractivity contribution >= 4 is 5.69 Å². The highest BCUT2D eigenvalue weighted by atomic mass is 16.5. The van der Waals surface area contributed by atoms with Gasteiger partial charge in [0.05, 0.1) is 18.2 Å². The van der Waals surface area contributed by atoms with E-state index in [1.54, 1.807) is 7.11 Å². The third-order valence-electron chi connectivity index (χ3n) is 3.05. The fourth-order valence-electron chi connectivity index (χ4n) is 2.19. The molecular weight excluding hydrogens is 200 g/mol. The third-order valence-corrected chi connectivity index (χ3v) is 3.05. The van der Waals surface area contributed by atoms with E-state index < -0.39 is 0 Å². The van der Waals surface area contributed by atoms with Gasteiger partial charge in [0.1, 0.15) is 0 Å². The van der Waals surface area contributed by atoms with Crippen LogP contribution in [0.1, 0.15) is 12.0 Å². The van der Waals surface area contributed by atoms with Crippen LogP contribution in [0.4, 0.5) is 5.69 Å². The van der Waals surface area contributed by atoms with Gasteiger partial charge in [-0.1, -0.05) is 0 Å². The molecule has 84 valence electrons. The van der Waals surface area contributed by atoms with Crippen molar-refractivity contribution < 1.29 is 4.74 Å². The second-order valence-electron chi connectivity index (χ2n) is 4.21. The maximum atomic E-state index is 8.73. The fraction of sp³-hybridized carbons (Fsp3) is 0.462. The summed E-state index contributed by atoms with van der Waals surface area (Å²) in [6.45, 7) is 2.98. The predicted molar refractivity (Wildman–Crippen MR) is 63.4 cm³/mol. The zero-order valence-electron chi connectivity index (χ0n) is 9.52. The minimum Gasteiger partial charge on any atom is -0.384 e. The molecule has 0 bridgehead atoms. The second kappa shape index (κ2) is 5.00. The van der Waals surface area contributed by atoms with Crippen molar-refractivity contribution in [2.75, 3.05) is 31.7 Å². The van der Waals surface area contributed by atoms with Crippen molar-refractivity contribution in [3.05, 3.63) is 29.8 Å². The Bertz CT molecular complexity index is 380. The second-order valence-corrected chi connectivity index (χ2v) is 4.21. The molecule has 3 heteroatoms. The van der Waals surface area contributed by atoms with Crippen LogP contribution in [0.2, 0.25) is 0 Å². The predicted octanol–water partition coefficient (Wildman–Crippen LogP) is 2.03. The molecule has 1 aromatic rings. The monoisotopic (exact) mass is 216 g/mol.